The van der Waals surface area contributed by atoms with Crippen molar-refractivity contribution in [1.29, 1.82) is 0 Å². The van der Waals surface area contributed by atoms with Gasteiger partial charge in [-0.15, -0.1) is 11.6 Å². The smallest absolute Gasteiger partial charge is 0.295 e. The van der Waals surface area contributed by atoms with Gasteiger partial charge in [0.15, 0.2) is 0 Å². The van der Waals surface area contributed by atoms with Gasteiger partial charge in [-0.3, -0.25) is 4.57 Å². The van der Waals surface area contributed by atoms with Gasteiger partial charge in [-0.05, 0) is 35.7 Å². The molecule has 0 bridgehead atoms. The van der Waals surface area contributed by atoms with Gasteiger partial charge in [-0.25, -0.2) is 4.79 Å². The highest BCUT2D eigenvalue weighted by molar-refractivity contribution is 9.10. The van der Waals surface area contributed by atoms with Crippen molar-refractivity contribution in [2.24, 2.45) is 5.92 Å². The third-order valence-electron chi connectivity index (χ3n) is 2.29. The molecule has 0 saturated heterocycles. The van der Waals surface area contributed by atoms with E-state index < -0.39 is 0 Å². The molecule has 5 heteroatoms. The van der Waals surface area contributed by atoms with Crippen molar-refractivity contribution >= 4 is 27.5 Å². The van der Waals surface area contributed by atoms with Gasteiger partial charge in [0.05, 0.1) is 10.2 Å². The fourth-order valence-corrected chi connectivity index (χ4v) is 1.75. The number of hydrogen-bond acceptors (Lipinski definition) is 2. The zero-order chi connectivity index (χ0) is 11.6. The number of nitrogens with zero attached hydrogens (tertiary/aromatic N) is 2. The molecule has 0 aliphatic carbocycles. The van der Waals surface area contributed by atoms with Crippen LogP contribution in [0, 0.1) is 19.8 Å². The van der Waals surface area contributed by atoms with Crippen LogP contribution in [-0.4, -0.2) is 15.4 Å². The number of aryl methyl sites for hydroxylation is 1. The highest BCUT2D eigenvalue weighted by Gasteiger charge is 2.11. The quantitative estimate of drug-likeness (QED) is 0.803. The van der Waals surface area contributed by atoms with Crippen molar-refractivity contribution in [3.05, 3.63) is 26.3 Å². The minimum atomic E-state index is -0.204. The molecular formula is C10H14BrClN2O. The summed E-state index contributed by atoms with van der Waals surface area (Å²) in [4.78, 5) is 15.6. The molecule has 1 atom stereocenters. The fourth-order valence-electron chi connectivity index (χ4n) is 1.35. The Labute approximate surface area is 103 Å². The molecule has 1 aromatic heterocycles. The Morgan fingerprint density at radius 3 is 2.67 bits per heavy atom. The number of aromatic nitrogens is 2. The van der Waals surface area contributed by atoms with E-state index in [4.69, 9.17) is 11.6 Å². The van der Waals surface area contributed by atoms with E-state index in [0.717, 1.165) is 15.9 Å². The molecule has 0 aliphatic heterocycles. The second-order valence-corrected chi connectivity index (χ2v) is 4.85. The molecule has 0 N–H and O–H groups in total. The van der Waals surface area contributed by atoms with Crippen molar-refractivity contribution < 1.29 is 0 Å². The second-order valence-electron chi connectivity index (χ2n) is 3.75. The summed E-state index contributed by atoms with van der Waals surface area (Å²) in [6.07, 6.45) is 0. The summed E-state index contributed by atoms with van der Waals surface area (Å²) in [5, 5.41) is 0. The number of alkyl halides is 1. The summed E-state index contributed by atoms with van der Waals surface area (Å²) in [7, 11) is 0. The highest BCUT2D eigenvalue weighted by Crippen LogP contribution is 2.17. The van der Waals surface area contributed by atoms with Gasteiger partial charge < -0.3 is 0 Å². The number of rotatable bonds is 3. The van der Waals surface area contributed by atoms with Crippen LogP contribution >= 0.6 is 27.5 Å². The molecule has 0 radical (unpaired) electrons. The number of hydrogen-bond donors (Lipinski definition) is 0. The first-order valence-electron chi connectivity index (χ1n) is 4.76. The summed E-state index contributed by atoms with van der Waals surface area (Å²) < 4.78 is 2.55. The van der Waals surface area contributed by atoms with E-state index in [-0.39, 0.29) is 11.6 Å². The summed E-state index contributed by atoms with van der Waals surface area (Å²) in [5.74, 6) is 0.802. The predicted molar refractivity (Wildman–Crippen MR) is 65.6 cm³/mol. The van der Waals surface area contributed by atoms with Crippen LogP contribution in [0.3, 0.4) is 0 Å². The van der Waals surface area contributed by atoms with Gasteiger partial charge >= 0.3 is 5.69 Å². The Hall–Kier alpha value is -0.350. The molecule has 1 heterocycles. The maximum Gasteiger partial charge on any atom is 0.348 e. The van der Waals surface area contributed by atoms with Gasteiger partial charge in [0.2, 0.25) is 0 Å². The van der Waals surface area contributed by atoms with Crippen LogP contribution in [0.25, 0.3) is 0 Å². The molecular weight excluding hydrogens is 279 g/mol. The van der Waals surface area contributed by atoms with Crippen LogP contribution < -0.4 is 5.69 Å². The zero-order valence-corrected chi connectivity index (χ0v) is 11.4. The van der Waals surface area contributed by atoms with Gasteiger partial charge in [-0.2, -0.15) is 4.98 Å². The average Bonchev–Trinajstić information content (AvgIpc) is 2.21. The van der Waals surface area contributed by atoms with Gasteiger partial charge in [-0.1, -0.05) is 6.92 Å². The molecule has 0 aromatic carbocycles. The zero-order valence-electron chi connectivity index (χ0n) is 9.05. The Bertz CT molecular complexity index is 417. The highest BCUT2D eigenvalue weighted by atomic mass is 79.9. The van der Waals surface area contributed by atoms with Crippen molar-refractivity contribution in [2.75, 3.05) is 5.88 Å². The minimum absolute atomic E-state index is 0.204. The van der Waals surface area contributed by atoms with E-state index in [0.29, 0.717) is 12.4 Å². The third kappa shape index (κ3) is 2.82. The molecule has 15 heavy (non-hydrogen) atoms. The Morgan fingerprint density at radius 1 is 1.53 bits per heavy atom. The molecule has 0 amide bonds. The molecule has 1 aromatic rings. The van der Waals surface area contributed by atoms with E-state index in [2.05, 4.69) is 20.9 Å². The predicted octanol–water partition coefficient (Wildman–Crippen LogP) is 2.50. The Balaban J connectivity index is 3.18. The Morgan fingerprint density at radius 2 is 2.13 bits per heavy atom. The van der Waals surface area contributed by atoms with Crippen LogP contribution in [0.2, 0.25) is 0 Å². The third-order valence-corrected chi connectivity index (χ3v) is 3.97. The van der Waals surface area contributed by atoms with E-state index >= 15 is 0 Å². The lowest BCUT2D eigenvalue weighted by molar-refractivity contribution is 0.495. The van der Waals surface area contributed by atoms with Crippen LogP contribution in [0.15, 0.2) is 9.27 Å². The average molecular weight is 294 g/mol. The van der Waals surface area contributed by atoms with Crippen LogP contribution in [0.5, 0.6) is 0 Å². The monoisotopic (exact) mass is 292 g/mol. The summed E-state index contributed by atoms with van der Waals surface area (Å²) in [6, 6.07) is 0. The van der Waals surface area contributed by atoms with Gasteiger partial charge in [0, 0.05) is 18.1 Å². The van der Waals surface area contributed by atoms with E-state index in [1.54, 1.807) is 4.57 Å². The minimum Gasteiger partial charge on any atom is -0.295 e. The molecule has 1 rings (SSSR count). The summed E-state index contributed by atoms with van der Waals surface area (Å²) >= 11 is 9.15. The van der Waals surface area contributed by atoms with Gasteiger partial charge in [0.1, 0.15) is 0 Å². The summed E-state index contributed by atoms with van der Waals surface area (Å²) in [5.41, 5.74) is 1.43. The lowest BCUT2D eigenvalue weighted by Crippen LogP contribution is -2.29. The standard InChI is InChI=1S/C10H14BrClN2O/c1-6(4-12)5-14-8(3)9(11)7(2)13-10(14)15/h6H,4-5H2,1-3H3. The first-order valence-corrected chi connectivity index (χ1v) is 6.09. The van der Waals surface area contributed by atoms with Crippen molar-refractivity contribution in [3.63, 3.8) is 0 Å². The van der Waals surface area contributed by atoms with E-state index in [9.17, 15) is 4.79 Å². The van der Waals surface area contributed by atoms with E-state index in [1.807, 2.05) is 20.8 Å². The summed E-state index contributed by atoms with van der Waals surface area (Å²) in [6.45, 7) is 6.33. The molecule has 1 unspecified atom stereocenters. The normalized spacial score (nSPS) is 12.9. The van der Waals surface area contributed by atoms with Crippen LogP contribution in [-0.2, 0) is 6.54 Å². The number of halogens is 2. The maximum atomic E-state index is 11.7. The first-order chi connectivity index (χ1) is 6.97. The topological polar surface area (TPSA) is 34.9 Å². The lowest BCUT2D eigenvalue weighted by Gasteiger charge is -2.14. The second kappa shape index (κ2) is 5.12. The molecule has 84 valence electrons. The largest absolute Gasteiger partial charge is 0.348 e. The van der Waals surface area contributed by atoms with Crippen molar-refractivity contribution in [1.82, 2.24) is 9.55 Å². The molecule has 0 saturated carbocycles. The first kappa shape index (κ1) is 12.7. The maximum absolute atomic E-state index is 11.7. The van der Waals surface area contributed by atoms with Crippen molar-refractivity contribution in [3.8, 4) is 0 Å². The lowest BCUT2D eigenvalue weighted by atomic mass is 10.2. The van der Waals surface area contributed by atoms with Gasteiger partial charge in [0.25, 0.3) is 0 Å². The van der Waals surface area contributed by atoms with E-state index in [1.165, 1.54) is 0 Å². The van der Waals surface area contributed by atoms with Crippen LogP contribution in [0.4, 0.5) is 0 Å². The molecule has 0 fully saturated rings. The molecule has 0 spiro atoms. The van der Waals surface area contributed by atoms with Crippen LogP contribution in [0.1, 0.15) is 18.3 Å². The molecule has 0 aliphatic rings. The fraction of sp³-hybridized carbons (Fsp3) is 0.600. The Kier molecular flexibility index (Phi) is 4.34. The van der Waals surface area contributed by atoms with Crippen molar-refractivity contribution in [2.45, 2.75) is 27.3 Å². The molecule has 3 nitrogen and oxygen atoms in total. The SMILES string of the molecule is Cc1nc(=O)n(CC(C)CCl)c(C)c1Br.